The minimum absolute atomic E-state index is 0.162. The number of rotatable bonds is 24. The maximum Gasteiger partial charge on any atom is 0.224 e. The fraction of sp³-hybridized carbons (Fsp3) is 0.548. The molecule has 111 heavy (non-hydrogen) atoms. The van der Waals surface area contributed by atoms with Gasteiger partial charge in [0, 0.05) is 152 Å². The number of piperidine rings is 3. The summed E-state index contributed by atoms with van der Waals surface area (Å²) in [5.74, 6) is 3.63. The lowest BCUT2D eigenvalue weighted by Crippen LogP contribution is -2.31. The molecule has 0 radical (unpaired) electrons. The van der Waals surface area contributed by atoms with Crippen LogP contribution in [0.1, 0.15) is 282 Å². The van der Waals surface area contributed by atoms with E-state index in [4.69, 9.17) is 29.9 Å². The molecule has 18 nitrogen and oxygen atoms in total. The second kappa shape index (κ2) is 37.4. The van der Waals surface area contributed by atoms with E-state index in [1.165, 1.54) is 66.2 Å². The highest BCUT2D eigenvalue weighted by Gasteiger charge is 2.34. The number of hydrogen-bond donors (Lipinski definition) is 6. The van der Waals surface area contributed by atoms with Crippen molar-refractivity contribution in [3.05, 3.63) is 180 Å². The Morgan fingerprint density at radius 3 is 1.09 bits per heavy atom. The van der Waals surface area contributed by atoms with E-state index in [0.29, 0.717) is 54.0 Å². The average molecular weight is 1510 g/mol. The Hall–Kier alpha value is -8.58. The van der Waals surface area contributed by atoms with Crippen molar-refractivity contribution in [3.63, 3.8) is 0 Å². The van der Waals surface area contributed by atoms with Crippen LogP contribution in [0.3, 0.4) is 0 Å². The van der Waals surface area contributed by atoms with Crippen LogP contribution >= 0.6 is 0 Å². The predicted octanol–water partition coefficient (Wildman–Crippen LogP) is 20.0. The molecule has 3 aliphatic heterocycles. The molecule has 3 aliphatic carbocycles. The quantitative estimate of drug-likeness (QED) is 0.0334. The Morgan fingerprint density at radius 1 is 0.405 bits per heavy atom. The van der Waals surface area contributed by atoms with Gasteiger partial charge in [-0.3, -0.25) is 0 Å². The molecule has 9 aromatic rings. The lowest BCUT2D eigenvalue weighted by atomic mass is 9.89. The van der Waals surface area contributed by atoms with Crippen molar-refractivity contribution in [2.24, 2.45) is 0 Å². The number of aliphatic hydroxyl groups is 3. The summed E-state index contributed by atoms with van der Waals surface area (Å²) < 4.78 is 7.23. The van der Waals surface area contributed by atoms with Gasteiger partial charge in [0.15, 0.2) is 0 Å². The number of aliphatic hydroxyl groups excluding tert-OH is 3. The molecule has 9 heterocycles. The fourth-order valence-electron chi connectivity index (χ4n) is 18.8. The summed E-state index contributed by atoms with van der Waals surface area (Å²) in [5, 5.41) is 44.4. The van der Waals surface area contributed by atoms with Gasteiger partial charge in [0.05, 0.1) is 18.3 Å². The molecule has 594 valence electrons. The van der Waals surface area contributed by atoms with Crippen molar-refractivity contribution in [2.45, 2.75) is 289 Å². The van der Waals surface area contributed by atoms with E-state index >= 15 is 0 Å². The van der Waals surface area contributed by atoms with E-state index in [1.54, 1.807) is 0 Å². The zero-order valence-electron chi connectivity index (χ0n) is 68.4. The van der Waals surface area contributed by atoms with E-state index in [2.05, 4.69) is 218 Å². The van der Waals surface area contributed by atoms with Gasteiger partial charge in [0.1, 0.15) is 16.9 Å². The van der Waals surface area contributed by atoms with Crippen LogP contribution in [0, 0.1) is 20.8 Å². The highest BCUT2D eigenvalue weighted by Crippen LogP contribution is 2.44. The topological polar surface area (TPSA) is 199 Å². The summed E-state index contributed by atoms with van der Waals surface area (Å²) in [7, 11) is 0. The zero-order valence-corrected chi connectivity index (χ0v) is 68.4. The number of hydrogen-bond acceptors (Lipinski definition) is 15. The molecule has 6 aromatic heterocycles. The molecule has 0 amide bonds. The normalized spacial score (nSPS) is 21.8. The standard InChI is InChI=1S/3C31H43N5O/c1-5-8-22(3)33-31-32-19-28-29(20-36(30(28)34-31)25-11-13-26(37)14-12-25)24-15-17-35(18-16-24)23(4)27-10-7-6-9-21(27)2;1-5-7-22(3)33-31-32-19-28-29(20-36(30(28)34-31)26-10-12-27(37)13-11-26)24-14-16-35(17-15-24)23(4)25-9-6-8-21(2)18-25;1-5-6-22(3)33-31-32-19-28-29(20-36(30(28)34-31)26-11-13-27(37)14-12-26)25-15-17-35(18-16-25)23(4)24-9-7-21(2)8-10-24/h6-7,9-10,19-20,22,24-26,37H,4-5,8,11-18H2,1-3H3,(H,32,33,34);6,8-9,18-20,22,24,26-27,37H,4-5,7,10-17H2,1-3H3,(H,32,33,34);7-10,19-20,22,25-27,37H,4-6,11-18H2,1-3H3,(H,32,33,34)/t22-,25?,26?;2*22-,26?,27?/m000/s1. The molecule has 15 rings (SSSR count). The molecule has 6 N–H and O–H groups in total. The molecular weight excluding hydrogens is 1380 g/mol. The number of nitrogens with zero attached hydrogens (tertiary/aromatic N) is 12. The molecule has 0 spiro atoms. The van der Waals surface area contributed by atoms with Gasteiger partial charge >= 0.3 is 0 Å². The summed E-state index contributed by atoms with van der Waals surface area (Å²) in [6.45, 7) is 39.0. The Balaban J connectivity index is 0.000000146. The SMILES string of the molecule is C=C(c1ccc(C)cc1)N1CCC(c2cn(C3CCC(O)CC3)c3nc(N[C@@H](C)CCC)ncc23)CC1.C=C(c1cccc(C)c1)N1CCC(c2cn(C3CCC(O)CC3)c3nc(N[C@@H](C)CCC)ncc23)CC1.C=C(c1ccccc1C)N1CCC(c2cn(C3CCC(O)CC3)c3nc(N[C@@H](C)CCC)ncc23)CC1. The first kappa shape index (κ1) is 80.5. The zero-order chi connectivity index (χ0) is 77.8. The van der Waals surface area contributed by atoms with Crippen LogP contribution in [-0.2, 0) is 0 Å². The van der Waals surface area contributed by atoms with Crippen molar-refractivity contribution < 1.29 is 15.3 Å². The number of nitrogens with one attached hydrogen (secondary N) is 3. The highest BCUT2D eigenvalue weighted by molar-refractivity contribution is 5.84. The molecular formula is C93H129N15O3. The van der Waals surface area contributed by atoms with Crippen molar-refractivity contribution >= 4 is 68.0 Å². The van der Waals surface area contributed by atoms with E-state index in [0.717, 1.165) is 245 Å². The van der Waals surface area contributed by atoms with Gasteiger partial charge in [-0.15, -0.1) is 0 Å². The maximum absolute atomic E-state index is 10.1. The van der Waals surface area contributed by atoms with Gasteiger partial charge in [0.25, 0.3) is 0 Å². The summed E-state index contributed by atoms with van der Waals surface area (Å²) >= 11 is 0. The highest BCUT2D eigenvalue weighted by atomic mass is 16.3. The Bertz CT molecular complexity index is 4550. The van der Waals surface area contributed by atoms with E-state index in [1.807, 2.05) is 18.6 Å². The van der Waals surface area contributed by atoms with Crippen molar-refractivity contribution in [1.82, 2.24) is 58.3 Å². The van der Waals surface area contributed by atoms with Crippen LogP contribution in [0.4, 0.5) is 17.8 Å². The number of anilines is 3. The minimum Gasteiger partial charge on any atom is -0.393 e. The second-order valence-corrected chi connectivity index (χ2v) is 33.8. The summed E-state index contributed by atoms with van der Waals surface area (Å²) in [4.78, 5) is 36.7. The van der Waals surface area contributed by atoms with Crippen molar-refractivity contribution in [2.75, 3.05) is 55.2 Å². The van der Waals surface area contributed by atoms with Crippen LogP contribution in [0.5, 0.6) is 0 Å². The predicted molar refractivity (Wildman–Crippen MR) is 458 cm³/mol. The first-order chi connectivity index (χ1) is 53.8. The number of benzene rings is 3. The molecule has 3 aromatic carbocycles. The molecule has 3 saturated heterocycles. The van der Waals surface area contributed by atoms with Gasteiger partial charge in [-0.25, -0.2) is 15.0 Å². The van der Waals surface area contributed by atoms with Gasteiger partial charge in [-0.05, 0) is 234 Å². The third-order valence-electron chi connectivity index (χ3n) is 25.4. The van der Waals surface area contributed by atoms with E-state index in [9.17, 15) is 15.3 Å². The summed E-state index contributed by atoms with van der Waals surface area (Å²) in [6.07, 6.45) is 37.2. The molecule has 6 fully saturated rings. The van der Waals surface area contributed by atoms with Crippen LogP contribution in [0.25, 0.3) is 50.2 Å². The lowest BCUT2D eigenvalue weighted by Gasteiger charge is -2.35. The second-order valence-electron chi connectivity index (χ2n) is 33.8. The minimum atomic E-state index is -0.162. The maximum atomic E-state index is 10.1. The first-order valence-corrected chi connectivity index (χ1v) is 42.8. The van der Waals surface area contributed by atoms with Crippen LogP contribution < -0.4 is 16.0 Å². The van der Waals surface area contributed by atoms with E-state index in [-0.39, 0.29) is 18.3 Å². The van der Waals surface area contributed by atoms with Crippen LogP contribution in [-0.4, -0.2) is 149 Å². The van der Waals surface area contributed by atoms with Crippen molar-refractivity contribution in [3.8, 4) is 0 Å². The van der Waals surface area contributed by atoms with Gasteiger partial charge in [-0.1, -0.05) is 138 Å². The summed E-state index contributed by atoms with van der Waals surface area (Å²) in [6, 6.07) is 28.1. The smallest absolute Gasteiger partial charge is 0.224 e. The van der Waals surface area contributed by atoms with Gasteiger partial charge in [-0.2, -0.15) is 15.0 Å². The number of fused-ring (bicyclic) bond motifs is 3. The molecule has 0 unspecified atom stereocenters. The number of aryl methyl sites for hydroxylation is 3. The van der Waals surface area contributed by atoms with Gasteiger partial charge < -0.3 is 59.7 Å². The lowest BCUT2D eigenvalue weighted by molar-refractivity contribution is 0.111. The van der Waals surface area contributed by atoms with Crippen LogP contribution in [0.2, 0.25) is 0 Å². The molecule has 3 saturated carbocycles. The molecule has 6 aliphatic rings. The fourth-order valence-corrected chi connectivity index (χ4v) is 18.8. The van der Waals surface area contributed by atoms with E-state index < -0.39 is 0 Å². The van der Waals surface area contributed by atoms with Gasteiger partial charge in [0.2, 0.25) is 17.8 Å². The monoisotopic (exact) mass is 1500 g/mol. The number of likely N-dealkylation sites (tertiary alicyclic amines) is 3. The first-order valence-electron chi connectivity index (χ1n) is 42.8. The summed E-state index contributed by atoms with van der Waals surface area (Å²) in [5.41, 5.74) is 18.2. The molecule has 0 bridgehead atoms. The molecule has 3 atom stereocenters. The van der Waals surface area contributed by atoms with Crippen LogP contribution in [0.15, 0.2) is 130 Å². The third-order valence-corrected chi connectivity index (χ3v) is 25.4. The Labute approximate surface area is 661 Å². The average Bonchev–Trinajstić information content (AvgIpc) is 1.63. The largest absolute Gasteiger partial charge is 0.393 e. The Morgan fingerprint density at radius 2 is 0.748 bits per heavy atom. The third kappa shape index (κ3) is 19.6. The Kier molecular flexibility index (Phi) is 27.1. The number of aromatic nitrogens is 9. The molecule has 18 heteroatoms. The van der Waals surface area contributed by atoms with Crippen molar-refractivity contribution in [1.29, 1.82) is 0 Å².